The maximum Gasteiger partial charge on any atom is 0.271 e. The first-order valence-electron chi connectivity index (χ1n) is 9.41. The molecule has 0 spiro atoms. The minimum absolute atomic E-state index is 0.0168. The summed E-state index contributed by atoms with van der Waals surface area (Å²) >= 11 is 0. The fourth-order valence-electron chi connectivity index (χ4n) is 3.40. The predicted molar refractivity (Wildman–Crippen MR) is 107 cm³/mol. The lowest BCUT2D eigenvalue weighted by molar-refractivity contribution is -0.130. The van der Waals surface area contributed by atoms with E-state index in [4.69, 9.17) is 0 Å². The zero-order valence-electron chi connectivity index (χ0n) is 15.8. The number of aryl methyl sites for hydroxylation is 1. The van der Waals surface area contributed by atoms with Crippen molar-refractivity contribution in [1.29, 1.82) is 0 Å². The van der Waals surface area contributed by atoms with Gasteiger partial charge in [-0.15, -0.1) is 0 Å². The van der Waals surface area contributed by atoms with Gasteiger partial charge in [-0.25, -0.2) is 4.98 Å². The summed E-state index contributed by atoms with van der Waals surface area (Å²) < 4.78 is 1.80. The Balaban J connectivity index is 1.30. The minimum atomic E-state index is -0.336. The number of piperazine rings is 1. The van der Waals surface area contributed by atoms with Crippen LogP contribution in [0, 0.1) is 6.92 Å². The fourth-order valence-corrected chi connectivity index (χ4v) is 3.40. The Morgan fingerprint density at radius 2 is 1.82 bits per heavy atom. The van der Waals surface area contributed by atoms with Crippen molar-refractivity contribution in [3.05, 3.63) is 66.1 Å². The van der Waals surface area contributed by atoms with E-state index in [1.54, 1.807) is 15.5 Å². The number of aromatic nitrogens is 2. The van der Waals surface area contributed by atoms with Gasteiger partial charge in [0.25, 0.3) is 5.91 Å². The van der Waals surface area contributed by atoms with Crippen LogP contribution in [0.25, 0.3) is 5.65 Å². The van der Waals surface area contributed by atoms with Crippen LogP contribution in [0.2, 0.25) is 0 Å². The summed E-state index contributed by atoms with van der Waals surface area (Å²) in [6, 6.07) is 14.0. The van der Waals surface area contributed by atoms with Crippen molar-refractivity contribution in [3.63, 3.8) is 0 Å². The molecular formula is C21H23N5O2. The predicted octanol–water partition coefficient (Wildman–Crippen LogP) is 1.72. The lowest BCUT2D eigenvalue weighted by Gasteiger charge is -2.36. The van der Waals surface area contributed by atoms with E-state index in [1.807, 2.05) is 43.5 Å². The van der Waals surface area contributed by atoms with E-state index >= 15 is 0 Å². The van der Waals surface area contributed by atoms with Crippen LogP contribution < -0.4 is 10.2 Å². The number of imidazole rings is 1. The number of pyridine rings is 1. The van der Waals surface area contributed by atoms with E-state index in [0.29, 0.717) is 24.4 Å². The van der Waals surface area contributed by atoms with Gasteiger partial charge in [-0.2, -0.15) is 0 Å². The van der Waals surface area contributed by atoms with Gasteiger partial charge in [0.2, 0.25) is 5.91 Å². The topological polar surface area (TPSA) is 70.0 Å². The summed E-state index contributed by atoms with van der Waals surface area (Å²) in [4.78, 5) is 33.2. The summed E-state index contributed by atoms with van der Waals surface area (Å²) in [6.45, 7) is 4.83. The van der Waals surface area contributed by atoms with Gasteiger partial charge in [-0.05, 0) is 36.8 Å². The number of amides is 2. The molecule has 1 fully saturated rings. The molecule has 3 aromatic rings. The van der Waals surface area contributed by atoms with Crippen LogP contribution in [0.1, 0.15) is 16.1 Å². The highest BCUT2D eigenvalue weighted by Gasteiger charge is 2.22. The van der Waals surface area contributed by atoms with Gasteiger partial charge in [0.05, 0.1) is 6.54 Å². The zero-order valence-corrected chi connectivity index (χ0v) is 15.8. The van der Waals surface area contributed by atoms with Crippen LogP contribution >= 0.6 is 0 Å². The van der Waals surface area contributed by atoms with Gasteiger partial charge in [-0.3, -0.25) is 9.59 Å². The Morgan fingerprint density at radius 3 is 2.57 bits per heavy atom. The highest BCUT2D eigenvalue weighted by molar-refractivity contribution is 5.95. The molecule has 1 saturated heterocycles. The first-order chi connectivity index (χ1) is 13.6. The number of rotatable bonds is 4. The van der Waals surface area contributed by atoms with Crippen LogP contribution in [0.15, 0.2) is 54.9 Å². The second-order valence-electron chi connectivity index (χ2n) is 6.98. The maximum absolute atomic E-state index is 12.5. The third kappa shape index (κ3) is 3.83. The first kappa shape index (κ1) is 18.0. The molecule has 0 aliphatic carbocycles. The van der Waals surface area contributed by atoms with E-state index in [1.165, 1.54) is 5.69 Å². The SMILES string of the molecule is Cc1ccn2cc(C(=O)NCC(=O)N3CCN(c4ccccc4)CC3)nc2c1. The van der Waals surface area contributed by atoms with Gasteiger partial charge in [0.15, 0.2) is 0 Å². The summed E-state index contributed by atoms with van der Waals surface area (Å²) in [7, 11) is 0. The standard InChI is InChI=1S/C21H23N5O2/c1-16-7-8-26-15-18(23-19(26)13-16)21(28)22-14-20(27)25-11-9-24(10-12-25)17-5-3-2-4-6-17/h2-8,13,15H,9-12,14H2,1H3,(H,22,28). The van der Waals surface area contributed by atoms with Crippen LogP contribution in [0.5, 0.6) is 0 Å². The number of hydrogen-bond acceptors (Lipinski definition) is 4. The third-order valence-corrected chi connectivity index (χ3v) is 5.00. The molecule has 0 saturated carbocycles. The van der Waals surface area contributed by atoms with Gasteiger partial charge in [0.1, 0.15) is 11.3 Å². The van der Waals surface area contributed by atoms with Gasteiger partial charge >= 0.3 is 0 Å². The molecular weight excluding hydrogens is 354 g/mol. The van der Waals surface area contributed by atoms with Crippen molar-refractivity contribution in [2.75, 3.05) is 37.6 Å². The number of anilines is 1. The average Bonchev–Trinajstić information content (AvgIpc) is 3.16. The van der Waals surface area contributed by atoms with Crippen molar-refractivity contribution in [1.82, 2.24) is 19.6 Å². The Morgan fingerprint density at radius 1 is 1.07 bits per heavy atom. The number of para-hydroxylation sites is 1. The number of hydrogen-bond donors (Lipinski definition) is 1. The number of nitrogens with zero attached hydrogens (tertiary/aromatic N) is 4. The fraction of sp³-hybridized carbons (Fsp3) is 0.286. The average molecular weight is 377 g/mol. The quantitative estimate of drug-likeness (QED) is 0.752. The molecule has 7 heteroatoms. The number of carbonyl (C=O) groups excluding carboxylic acids is 2. The van der Waals surface area contributed by atoms with Gasteiger partial charge in [0, 0.05) is 44.3 Å². The second kappa shape index (κ2) is 7.72. The monoisotopic (exact) mass is 377 g/mol. The minimum Gasteiger partial charge on any atom is -0.368 e. The summed E-state index contributed by atoms with van der Waals surface area (Å²) in [6.07, 6.45) is 3.54. The van der Waals surface area contributed by atoms with E-state index in [-0.39, 0.29) is 18.4 Å². The molecule has 28 heavy (non-hydrogen) atoms. The van der Waals surface area contributed by atoms with E-state index in [9.17, 15) is 9.59 Å². The van der Waals surface area contributed by atoms with Crippen molar-refractivity contribution in [3.8, 4) is 0 Å². The van der Waals surface area contributed by atoms with Gasteiger partial charge < -0.3 is 19.5 Å². The molecule has 4 rings (SSSR count). The summed E-state index contributed by atoms with van der Waals surface area (Å²) in [5.41, 5.74) is 3.28. The molecule has 7 nitrogen and oxygen atoms in total. The van der Waals surface area contributed by atoms with E-state index < -0.39 is 0 Å². The van der Waals surface area contributed by atoms with Crippen LogP contribution in [0.3, 0.4) is 0 Å². The molecule has 2 amide bonds. The number of nitrogens with one attached hydrogen (secondary N) is 1. The lowest BCUT2D eigenvalue weighted by atomic mass is 10.2. The number of carbonyl (C=O) groups is 2. The van der Waals surface area contributed by atoms with Crippen LogP contribution in [0.4, 0.5) is 5.69 Å². The lowest BCUT2D eigenvalue weighted by Crippen LogP contribution is -2.51. The molecule has 1 aliphatic rings. The molecule has 1 aliphatic heterocycles. The zero-order chi connectivity index (χ0) is 19.5. The van der Waals surface area contributed by atoms with E-state index in [2.05, 4.69) is 27.3 Å². The molecule has 144 valence electrons. The van der Waals surface area contributed by atoms with Crippen molar-refractivity contribution >= 4 is 23.1 Å². The summed E-state index contributed by atoms with van der Waals surface area (Å²) in [5.74, 6) is -0.404. The van der Waals surface area contributed by atoms with Crippen molar-refractivity contribution in [2.45, 2.75) is 6.92 Å². The summed E-state index contributed by atoms with van der Waals surface area (Å²) in [5, 5.41) is 2.69. The molecule has 0 radical (unpaired) electrons. The third-order valence-electron chi connectivity index (χ3n) is 5.00. The maximum atomic E-state index is 12.5. The van der Waals surface area contributed by atoms with Crippen molar-refractivity contribution in [2.24, 2.45) is 0 Å². The van der Waals surface area contributed by atoms with Gasteiger partial charge in [-0.1, -0.05) is 18.2 Å². The highest BCUT2D eigenvalue weighted by atomic mass is 16.2. The number of fused-ring (bicyclic) bond motifs is 1. The smallest absolute Gasteiger partial charge is 0.271 e. The Bertz CT molecular complexity index is 990. The number of benzene rings is 1. The van der Waals surface area contributed by atoms with Crippen LogP contribution in [-0.2, 0) is 4.79 Å². The van der Waals surface area contributed by atoms with Crippen LogP contribution in [-0.4, -0.2) is 58.8 Å². The van der Waals surface area contributed by atoms with Crippen molar-refractivity contribution < 1.29 is 9.59 Å². The Labute approximate surface area is 163 Å². The molecule has 0 atom stereocenters. The normalized spacial score (nSPS) is 14.3. The molecule has 1 aromatic carbocycles. The highest BCUT2D eigenvalue weighted by Crippen LogP contribution is 2.15. The van der Waals surface area contributed by atoms with E-state index in [0.717, 1.165) is 18.7 Å². The molecule has 2 aromatic heterocycles. The largest absolute Gasteiger partial charge is 0.368 e. The second-order valence-corrected chi connectivity index (χ2v) is 6.98. The Kier molecular flexibility index (Phi) is 4.97. The molecule has 3 heterocycles. The molecule has 0 unspecified atom stereocenters. The molecule has 1 N–H and O–H groups in total. The first-order valence-corrected chi connectivity index (χ1v) is 9.41. The Hall–Kier alpha value is -3.35. The molecule has 0 bridgehead atoms.